The summed E-state index contributed by atoms with van der Waals surface area (Å²) in [7, 11) is 0. The Labute approximate surface area is 77.5 Å². The molecular weight excluding hydrogens is 162 g/mol. The highest BCUT2D eigenvalue weighted by Gasteiger charge is 2.49. The maximum absolute atomic E-state index is 8.49. The number of allylic oxidation sites excluding steroid dienone is 3. The fourth-order valence-corrected chi connectivity index (χ4v) is 3.18. The van der Waals surface area contributed by atoms with Gasteiger partial charge in [0.05, 0.1) is 0 Å². The summed E-state index contributed by atoms with van der Waals surface area (Å²) in [5.41, 5.74) is 0. The van der Waals surface area contributed by atoms with E-state index >= 15 is 0 Å². The smallest absolute Gasteiger partial charge is 0.286 e. The van der Waals surface area contributed by atoms with Crippen molar-refractivity contribution in [2.24, 2.45) is 23.7 Å². The molecule has 2 nitrogen and oxygen atoms in total. The number of hydrogen-bond acceptors (Lipinski definition) is 2. The molecule has 0 N–H and O–H groups in total. The molecule has 0 aromatic rings. The minimum absolute atomic E-state index is 0.0509. The molecule has 13 heavy (non-hydrogen) atoms. The van der Waals surface area contributed by atoms with Gasteiger partial charge >= 0.3 is 0 Å². The lowest BCUT2D eigenvalue weighted by Crippen LogP contribution is -2.25. The minimum Gasteiger partial charge on any atom is -0.420 e. The van der Waals surface area contributed by atoms with Crippen molar-refractivity contribution in [1.82, 2.24) is 0 Å². The van der Waals surface area contributed by atoms with Crippen LogP contribution in [0.1, 0.15) is 6.42 Å². The second kappa shape index (κ2) is 2.38. The van der Waals surface area contributed by atoms with Crippen molar-refractivity contribution in [3.05, 3.63) is 24.3 Å². The third kappa shape index (κ3) is 0.821. The summed E-state index contributed by atoms with van der Waals surface area (Å²) in [6.45, 7) is 0. The Morgan fingerprint density at radius 1 is 1.15 bits per heavy atom. The van der Waals surface area contributed by atoms with Crippen LogP contribution in [-0.2, 0) is 4.74 Å². The molecule has 2 heteroatoms. The first-order chi connectivity index (χ1) is 6.40. The molecule has 0 saturated heterocycles. The molecule has 5 unspecified atom stereocenters. The fraction of sp³-hybridized carbons (Fsp3) is 0.545. The third-order valence-electron chi connectivity index (χ3n) is 3.67. The van der Waals surface area contributed by atoms with E-state index in [-0.39, 0.29) is 6.10 Å². The van der Waals surface area contributed by atoms with Gasteiger partial charge in [0.2, 0.25) is 0 Å². The van der Waals surface area contributed by atoms with Crippen LogP contribution in [0.25, 0.3) is 0 Å². The van der Waals surface area contributed by atoms with Gasteiger partial charge in [0, 0.05) is 5.92 Å². The van der Waals surface area contributed by atoms with Crippen molar-refractivity contribution in [1.29, 1.82) is 5.26 Å². The van der Waals surface area contributed by atoms with E-state index in [2.05, 4.69) is 24.3 Å². The van der Waals surface area contributed by atoms with Crippen LogP contribution in [-0.4, -0.2) is 6.10 Å². The first-order valence-electron chi connectivity index (χ1n) is 4.81. The van der Waals surface area contributed by atoms with Crippen molar-refractivity contribution in [3.8, 4) is 6.26 Å². The molecular formula is C11H11NO. The Hall–Kier alpha value is -1.23. The Morgan fingerprint density at radius 2 is 2.00 bits per heavy atom. The summed E-state index contributed by atoms with van der Waals surface area (Å²) in [5, 5.41) is 8.49. The summed E-state index contributed by atoms with van der Waals surface area (Å²) < 4.78 is 5.05. The maximum Gasteiger partial charge on any atom is 0.286 e. The predicted octanol–water partition coefficient (Wildman–Crippen LogP) is 1.86. The van der Waals surface area contributed by atoms with E-state index < -0.39 is 0 Å². The second-order valence-electron chi connectivity index (χ2n) is 4.16. The zero-order valence-electron chi connectivity index (χ0n) is 7.26. The number of rotatable bonds is 1. The van der Waals surface area contributed by atoms with Gasteiger partial charge in [0.1, 0.15) is 6.10 Å². The molecule has 3 aliphatic carbocycles. The summed E-state index contributed by atoms with van der Waals surface area (Å²) in [5.74, 6) is 2.57. The molecule has 5 atom stereocenters. The number of fused-ring (bicyclic) bond motifs is 5. The quantitative estimate of drug-likeness (QED) is 0.448. The van der Waals surface area contributed by atoms with Gasteiger partial charge in [-0.3, -0.25) is 0 Å². The number of ether oxygens (including phenoxy) is 1. The van der Waals surface area contributed by atoms with Gasteiger partial charge in [-0.2, -0.15) is 5.26 Å². The van der Waals surface area contributed by atoms with E-state index in [4.69, 9.17) is 10.00 Å². The lowest BCUT2D eigenvalue weighted by Gasteiger charge is -2.23. The first kappa shape index (κ1) is 7.20. The van der Waals surface area contributed by atoms with Crippen LogP contribution < -0.4 is 0 Å². The maximum atomic E-state index is 8.49. The molecule has 2 bridgehead atoms. The second-order valence-corrected chi connectivity index (χ2v) is 4.16. The van der Waals surface area contributed by atoms with Crippen LogP contribution in [0.4, 0.5) is 0 Å². The standard InChI is InChI=1S/C11H11NO/c12-6-13-10-4-3-9-7-1-2-8(5-7)11(9)10/h1-4,7-11H,5H2. The Kier molecular flexibility index (Phi) is 1.32. The van der Waals surface area contributed by atoms with Gasteiger partial charge in [-0.1, -0.05) is 18.2 Å². The molecule has 0 heterocycles. The number of hydrogen-bond donors (Lipinski definition) is 0. The fourth-order valence-electron chi connectivity index (χ4n) is 3.18. The van der Waals surface area contributed by atoms with Crippen molar-refractivity contribution in [2.45, 2.75) is 12.5 Å². The van der Waals surface area contributed by atoms with Crippen LogP contribution in [0.3, 0.4) is 0 Å². The molecule has 0 radical (unpaired) electrons. The molecule has 66 valence electrons. The van der Waals surface area contributed by atoms with E-state index in [9.17, 15) is 0 Å². The summed E-state index contributed by atoms with van der Waals surface area (Å²) in [4.78, 5) is 0. The predicted molar refractivity (Wildman–Crippen MR) is 47.3 cm³/mol. The monoisotopic (exact) mass is 173 g/mol. The number of nitriles is 1. The Bertz CT molecular complexity index is 325. The van der Waals surface area contributed by atoms with Gasteiger partial charge in [0.25, 0.3) is 6.26 Å². The summed E-state index contributed by atoms with van der Waals surface area (Å²) >= 11 is 0. The summed E-state index contributed by atoms with van der Waals surface area (Å²) in [6.07, 6.45) is 12.0. The highest BCUT2D eigenvalue weighted by molar-refractivity contribution is 5.25. The topological polar surface area (TPSA) is 33.0 Å². The Morgan fingerprint density at radius 3 is 2.85 bits per heavy atom. The van der Waals surface area contributed by atoms with Crippen LogP contribution in [0.2, 0.25) is 0 Å². The van der Waals surface area contributed by atoms with Crippen molar-refractivity contribution in [3.63, 3.8) is 0 Å². The van der Waals surface area contributed by atoms with E-state index in [1.165, 1.54) is 6.42 Å². The Balaban J connectivity index is 1.88. The van der Waals surface area contributed by atoms with E-state index in [1.807, 2.05) is 0 Å². The molecule has 1 saturated carbocycles. The normalized spacial score (nSPS) is 49.3. The van der Waals surface area contributed by atoms with Crippen molar-refractivity contribution in [2.75, 3.05) is 0 Å². The van der Waals surface area contributed by atoms with Crippen LogP contribution >= 0.6 is 0 Å². The molecule has 1 fully saturated rings. The highest BCUT2D eigenvalue weighted by Crippen LogP contribution is 2.53. The van der Waals surface area contributed by atoms with Crippen LogP contribution in [0.5, 0.6) is 0 Å². The van der Waals surface area contributed by atoms with Gasteiger partial charge in [0.15, 0.2) is 0 Å². The molecule has 0 aromatic heterocycles. The molecule has 3 rings (SSSR count). The van der Waals surface area contributed by atoms with Crippen LogP contribution in [0, 0.1) is 35.2 Å². The van der Waals surface area contributed by atoms with E-state index in [0.29, 0.717) is 17.8 Å². The lowest BCUT2D eigenvalue weighted by atomic mass is 9.84. The number of nitrogens with zero attached hydrogens (tertiary/aromatic N) is 1. The van der Waals surface area contributed by atoms with Gasteiger partial charge < -0.3 is 4.74 Å². The first-order valence-corrected chi connectivity index (χ1v) is 4.81. The van der Waals surface area contributed by atoms with E-state index in [0.717, 1.165) is 5.92 Å². The minimum atomic E-state index is 0.0509. The third-order valence-corrected chi connectivity index (χ3v) is 3.67. The average Bonchev–Trinajstić information content (AvgIpc) is 2.74. The van der Waals surface area contributed by atoms with Gasteiger partial charge in [-0.05, 0) is 30.3 Å². The lowest BCUT2D eigenvalue weighted by molar-refractivity contribution is 0.123. The SMILES string of the molecule is N#COC1C=CC2C3C=CC(C3)C12. The molecule has 0 amide bonds. The largest absolute Gasteiger partial charge is 0.420 e. The zero-order chi connectivity index (χ0) is 8.84. The molecule has 0 aliphatic heterocycles. The van der Waals surface area contributed by atoms with E-state index in [1.54, 1.807) is 6.26 Å². The van der Waals surface area contributed by atoms with Crippen molar-refractivity contribution < 1.29 is 4.74 Å². The van der Waals surface area contributed by atoms with Gasteiger partial charge in [-0.15, -0.1) is 0 Å². The van der Waals surface area contributed by atoms with Gasteiger partial charge in [-0.25, -0.2) is 0 Å². The molecule has 3 aliphatic rings. The summed E-state index contributed by atoms with van der Waals surface area (Å²) in [6, 6.07) is 0. The molecule has 0 aromatic carbocycles. The van der Waals surface area contributed by atoms with Crippen molar-refractivity contribution >= 4 is 0 Å². The zero-order valence-corrected chi connectivity index (χ0v) is 7.26. The molecule has 0 spiro atoms. The highest BCUT2D eigenvalue weighted by atomic mass is 16.5. The average molecular weight is 173 g/mol. The van der Waals surface area contributed by atoms with Crippen LogP contribution in [0.15, 0.2) is 24.3 Å².